The van der Waals surface area contributed by atoms with Gasteiger partial charge in [0.15, 0.2) is 11.5 Å². The highest BCUT2D eigenvalue weighted by molar-refractivity contribution is 5.73. The largest absolute Gasteiger partial charge is 0.387 e. The molecular formula is C21H33N7O2. The summed E-state index contributed by atoms with van der Waals surface area (Å²) in [5.74, 6) is 2.35. The second-order valence-corrected chi connectivity index (χ2v) is 9.91. The first kappa shape index (κ1) is 21.0. The minimum absolute atomic E-state index is 0.0370. The molecule has 0 aliphatic carbocycles. The van der Waals surface area contributed by atoms with Crippen molar-refractivity contribution in [2.24, 2.45) is 5.92 Å². The number of rotatable bonds is 5. The zero-order valence-electron chi connectivity index (χ0n) is 18.4. The summed E-state index contributed by atoms with van der Waals surface area (Å²) < 4.78 is 1.85. The quantitative estimate of drug-likeness (QED) is 0.746. The van der Waals surface area contributed by atoms with Crippen molar-refractivity contribution in [2.45, 2.75) is 51.6 Å². The molecule has 1 atom stereocenters. The number of carbonyl (C=O) groups excluding carboxylic acids is 1. The standard InChI is InChI=1S/C21H33N7O2/c1-15(29)26-9-5-8-21(30,14-26)13-22-10-16-11-27(12-16)18-7-6-17-23-24-19(20(2,3)4)28(17)25-18/h6-7,16,22,30H,5,8-14H2,1-4H3. The van der Waals surface area contributed by atoms with Crippen LogP contribution in [0.5, 0.6) is 0 Å². The molecule has 2 N–H and O–H groups in total. The Balaban J connectivity index is 1.29. The van der Waals surface area contributed by atoms with Crippen molar-refractivity contribution in [3.63, 3.8) is 0 Å². The van der Waals surface area contributed by atoms with Gasteiger partial charge in [0.2, 0.25) is 5.91 Å². The van der Waals surface area contributed by atoms with Crippen LogP contribution in [-0.4, -0.2) is 80.6 Å². The van der Waals surface area contributed by atoms with E-state index in [1.54, 1.807) is 11.8 Å². The number of nitrogens with zero attached hydrogens (tertiary/aromatic N) is 6. The van der Waals surface area contributed by atoms with Gasteiger partial charge in [-0.1, -0.05) is 20.8 Å². The van der Waals surface area contributed by atoms with Crippen molar-refractivity contribution in [1.82, 2.24) is 30.0 Å². The van der Waals surface area contributed by atoms with Gasteiger partial charge in [-0.15, -0.1) is 15.3 Å². The van der Waals surface area contributed by atoms with E-state index in [4.69, 9.17) is 5.10 Å². The van der Waals surface area contributed by atoms with E-state index < -0.39 is 5.60 Å². The molecule has 2 fully saturated rings. The van der Waals surface area contributed by atoms with Crippen molar-refractivity contribution >= 4 is 17.4 Å². The molecule has 9 heteroatoms. The first-order valence-corrected chi connectivity index (χ1v) is 10.8. The molecule has 0 saturated carbocycles. The highest BCUT2D eigenvalue weighted by Crippen LogP contribution is 2.26. The molecule has 2 aliphatic heterocycles. The third kappa shape index (κ3) is 4.27. The van der Waals surface area contributed by atoms with E-state index in [1.165, 1.54) is 0 Å². The van der Waals surface area contributed by atoms with Crippen LogP contribution < -0.4 is 10.2 Å². The molecule has 2 aliphatic rings. The van der Waals surface area contributed by atoms with E-state index in [9.17, 15) is 9.90 Å². The maximum Gasteiger partial charge on any atom is 0.219 e. The maximum absolute atomic E-state index is 11.6. The molecule has 0 aromatic carbocycles. The molecule has 2 aromatic heterocycles. The average molecular weight is 416 g/mol. The number of aromatic nitrogens is 4. The van der Waals surface area contributed by atoms with Gasteiger partial charge in [0.25, 0.3) is 0 Å². The Bertz CT molecular complexity index is 916. The fourth-order valence-electron chi connectivity index (χ4n) is 4.34. The van der Waals surface area contributed by atoms with Crippen LogP contribution in [0.3, 0.4) is 0 Å². The minimum atomic E-state index is -0.822. The average Bonchev–Trinajstić information content (AvgIpc) is 3.07. The number of hydrogen-bond donors (Lipinski definition) is 2. The number of fused-ring (bicyclic) bond motifs is 1. The summed E-state index contributed by atoms with van der Waals surface area (Å²) in [6, 6.07) is 3.97. The summed E-state index contributed by atoms with van der Waals surface area (Å²) in [5, 5.41) is 27.5. The van der Waals surface area contributed by atoms with Crippen molar-refractivity contribution in [3.8, 4) is 0 Å². The van der Waals surface area contributed by atoms with Crippen LogP contribution in [0.25, 0.3) is 5.65 Å². The lowest BCUT2D eigenvalue weighted by Crippen LogP contribution is -2.57. The van der Waals surface area contributed by atoms with E-state index >= 15 is 0 Å². The lowest BCUT2D eigenvalue weighted by Gasteiger charge is -2.42. The Hall–Kier alpha value is -2.26. The summed E-state index contributed by atoms with van der Waals surface area (Å²) in [4.78, 5) is 15.6. The van der Waals surface area contributed by atoms with Crippen LogP contribution in [-0.2, 0) is 10.2 Å². The fourth-order valence-corrected chi connectivity index (χ4v) is 4.34. The van der Waals surface area contributed by atoms with Gasteiger partial charge >= 0.3 is 0 Å². The van der Waals surface area contributed by atoms with Crippen molar-refractivity contribution < 1.29 is 9.90 Å². The number of amides is 1. The van der Waals surface area contributed by atoms with Crippen LogP contribution in [0.1, 0.15) is 46.4 Å². The molecule has 0 bridgehead atoms. The molecule has 0 radical (unpaired) electrons. The number of likely N-dealkylation sites (tertiary alicyclic amines) is 1. The topological polar surface area (TPSA) is 98.9 Å². The Morgan fingerprint density at radius 2 is 2.07 bits per heavy atom. The number of hydrogen-bond acceptors (Lipinski definition) is 7. The van der Waals surface area contributed by atoms with Crippen molar-refractivity contribution in [2.75, 3.05) is 44.2 Å². The third-order valence-electron chi connectivity index (χ3n) is 6.09. The molecule has 1 amide bonds. The summed E-state index contributed by atoms with van der Waals surface area (Å²) in [7, 11) is 0. The SMILES string of the molecule is CC(=O)N1CCCC(O)(CNCC2CN(c3ccc4nnc(C(C)(C)C)n4n3)C2)C1. The Morgan fingerprint density at radius 1 is 1.30 bits per heavy atom. The monoisotopic (exact) mass is 415 g/mol. The second kappa shape index (κ2) is 7.77. The van der Waals surface area contributed by atoms with Crippen molar-refractivity contribution in [3.05, 3.63) is 18.0 Å². The Kier molecular flexibility index (Phi) is 5.44. The van der Waals surface area contributed by atoms with Crippen LogP contribution in [0.4, 0.5) is 5.82 Å². The lowest BCUT2D eigenvalue weighted by atomic mass is 9.92. The molecule has 4 heterocycles. The van der Waals surface area contributed by atoms with Gasteiger partial charge in [-0.05, 0) is 25.0 Å². The highest BCUT2D eigenvalue weighted by atomic mass is 16.3. The van der Waals surface area contributed by atoms with Gasteiger partial charge in [0, 0.05) is 51.0 Å². The van der Waals surface area contributed by atoms with Gasteiger partial charge in [-0.3, -0.25) is 4.79 Å². The number of piperidine rings is 1. The van der Waals surface area contributed by atoms with E-state index in [-0.39, 0.29) is 11.3 Å². The zero-order chi connectivity index (χ0) is 21.5. The minimum Gasteiger partial charge on any atom is -0.387 e. The summed E-state index contributed by atoms with van der Waals surface area (Å²) >= 11 is 0. The van der Waals surface area contributed by atoms with E-state index in [0.717, 1.165) is 56.3 Å². The first-order valence-electron chi connectivity index (χ1n) is 10.8. The number of anilines is 1. The van der Waals surface area contributed by atoms with Gasteiger partial charge < -0.3 is 20.2 Å². The molecule has 0 spiro atoms. The maximum atomic E-state index is 11.6. The predicted octanol–water partition coefficient (Wildman–Crippen LogP) is 0.821. The van der Waals surface area contributed by atoms with Gasteiger partial charge in [0.05, 0.1) is 12.1 Å². The number of nitrogens with one attached hydrogen (secondary N) is 1. The van der Waals surface area contributed by atoms with Crippen LogP contribution in [0.2, 0.25) is 0 Å². The molecule has 164 valence electrons. The summed E-state index contributed by atoms with van der Waals surface area (Å²) in [6.07, 6.45) is 1.59. The second-order valence-electron chi connectivity index (χ2n) is 9.91. The van der Waals surface area contributed by atoms with Crippen molar-refractivity contribution in [1.29, 1.82) is 0 Å². The highest BCUT2D eigenvalue weighted by Gasteiger charge is 2.35. The summed E-state index contributed by atoms with van der Waals surface area (Å²) in [6.45, 7) is 12.3. The van der Waals surface area contributed by atoms with Crippen LogP contribution >= 0.6 is 0 Å². The fraction of sp³-hybridized carbons (Fsp3) is 0.714. The first-order chi connectivity index (χ1) is 14.1. The van der Waals surface area contributed by atoms with Gasteiger partial charge in [-0.25, -0.2) is 0 Å². The molecule has 2 aromatic rings. The molecule has 2 saturated heterocycles. The third-order valence-corrected chi connectivity index (χ3v) is 6.09. The van der Waals surface area contributed by atoms with Crippen LogP contribution in [0, 0.1) is 5.92 Å². The number of carbonyl (C=O) groups is 1. The molecule has 9 nitrogen and oxygen atoms in total. The van der Waals surface area contributed by atoms with Gasteiger partial charge in [-0.2, -0.15) is 4.52 Å². The smallest absolute Gasteiger partial charge is 0.219 e. The normalized spacial score (nSPS) is 23.1. The molecule has 1 unspecified atom stereocenters. The number of aliphatic hydroxyl groups is 1. The molecule has 4 rings (SSSR count). The van der Waals surface area contributed by atoms with Crippen LogP contribution in [0.15, 0.2) is 12.1 Å². The number of β-amino-alcohol motifs (C(OH)–C–C–N with tert-alkyl or cyclic N) is 1. The zero-order valence-corrected chi connectivity index (χ0v) is 18.4. The molecule has 30 heavy (non-hydrogen) atoms. The predicted molar refractivity (Wildman–Crippen MR) is 114 cm³/mol. The molecular weight excluding hydrogens is 382 g/mol. The Labute approximate surface area is 177 Å². The lowest BCUT2D eigenvalue weighted by molar-refractivity contribution is -0.135. The summed E-state index contributed by atoms with van der Waals surface area (Å²) in [5.41, 5.74) is -0.177. The Morgan fingerprint density at radius 3 is 2.77 bits per heavy atom. The van der Waals surface area contributed by atoms with E-state index in [0.29, 0.717) is 19.0 Å². The van der Waals surface area contributed by atoms with Gasteiger partial charge in [0.1, 0.15) is 5.82 Å². The van der Waals surface area contributed by atoms with E-state index in [2.05, 4.69) is 41.2 Å². The van der Waals surface area contributed by atoms with E-state index in [1.807, 2.05) is 16.6 Å².